The van der Waals surface area contributed by atoms with Crippen molar-refractivity contribution in [3.8, 4) is 0 Å². The van der Waals surface area contributed by atoms with E-state index in [-0.39, 0.29) is 5.92 Å². The molecule has 0 saturated heterocycles. The van der Waals surface area contributed by atoms with E-state index in [0.717, 1.165) is 29.8 Å². The lowest BCUT2D eigenvalue weighted by Crippen LogP contribution is -2.32. The zero-order valence-electron chi connectivity index (χ0n) is 11.8. The third kappa shape index (κ3) is 3.08. The Hall–Kier alpha value is -1.10. The Balaban J connectivity index is 2.21. The Morgan fingerprint density at radius 1 is 1.53 bits per heavy atom. The molecule has 1 saturated carbocycles. The molecule has 1 aromatic rings. The highest BCUT2D eigenvalue weighted by Crippen LogP contribution is 2.33. The normalized spacial score (nSPS) is 15.6. The molecule has 4 nitrogen and oxygen atoms in total. The molecule has 0 aliphatic heterocycles. The van der Waals surface area contributed by atoms with Crippen molar-refractivity contribution in [2.45, 2.75) is 46.0 Å². The van der Waals surface area contributed by atoms with E-state index in [1.54, 1.807) is 0 Å². The van der Waals surface area contributed by atoms with Crippen LogP contribution < -0.4 is 4.90 Å². The summed E-state index contributed by atoms with van der Waals surface area (Å²) in [7, 11) is 0. The molecule has 0 atom stereocenters. The van der Waals surface area contributed by atoms with Gasteiger partial charge in [-0.1, -0.05) is 31.6 Å². The number of carboxylic acid groups (broad SMARTS) is 1. The lowest BCUT2D eigenvalue weighted by molar-refractivity contribution is 0.0700. The van der Waals surface area contributed by atoms with Gasteiger partial charge < -0.3 is 10.0 Å². The van der Waals surface area contributed by atoms with Crippen LogP contribution in [0.2, 0.25) is 0 Å². The van der Waals surface area contributed by atoms with Crippen LogP contribution in [0, 0.1) is 5.92 Å². The largest absolute Gasteiger partial charge is 0.477 e. The molecule has 1 aliphatic rings. The summed E-state index contributed by atoms with van der Waals surface area (Å²) in [5.74, 6) is 0.0604. The van der Waals surface area contributed by atoms with Crippen LogP contribution in [0.15, 0.2) is 0 Å². The van der Waals surface area contributed by atoms with Gasteiger partial charge in [-0.3, -0.25) is 0 Å². The first-order chi connectivity index (χ1) is 9.02. The van der Waals surface area contributed by atoms with E-state index in [9.17, 15) is 9.90 Å². The summed E-state index contributed by atoms with van der Waals surface area (Å²) in [4.78, 5) is 18.5. The van der Waals surface area contributed by atoms with E-state index < -0.39 is 5.97 Å². The first-order valence-corrected chi connectivity index (χ1v) is 7.83. The van der Waals surface area contributed by atoms with Crippen molar-refractivity contribution in [2.24, 2.45) is 5.92 Å². The first-order valence-electron chi connectivity index (χ1n) is 7.01. The van der Waals surface area contributed by atoms with Gasteiger partial charge in [-0.15, -0.1) is 0 Å². The van der Waals surface area contributed by atoms with Crippen molar-refractivity contribution in [3.05, 3.63) is 10.6 Å². The zero-order chi connectivity index (χ0) is 14.0. The second kappa shape index (κ2) is 5.90. The molecule has 0 spiro atoms. The molecule has 1 heterocycles. The molecule has 1 N–H and O–H groups in total. The van der Waals surface area contributed by atoms with Gasteiger partial charge in [-0.2, -0.15) is 0 Å². The number of carboxylic acids is 1. The Labute approximate surface area is 118 Å². The van der Waals surface area contributed by atoms with Crippen molar-refractivity contribution in [1.82, 2.24) is 4.98 Å². The van der Waals surface area contributed by atoms with Crippen molar-refractivity contribution in [2.75, 3.05) is 18.0 Å². The number of hydrogen-bond donors (Lipinski definition) is 1. The Morgan fingerprint density at radius 2 is 2.21 bits per heavy atom. The van der Waals surface area contributed by atoms with E-state index in [1.807, 2.05) is 13.8 Å². The summed E-state index contributed by atoms with van der Waals surface area (Å²) in [6.45, 7) is 8.00. The lowest BCUT2D eigenvalue weighted by Gasteiger charge is -2.31. The van der Waals surface area contributed by atoms with Crippen LogP contribution in [0.1, 0.15) is 61.3 Å². The summed E-state index contributed by atoms with van der Waals surface area (Å²) in [5, 5.41) is 10.1. The van der Waals surface area contributed by atoms with Gasteiger partial charge in [0, 0.05) is 13.1 Å². The second-order valence-electron chi connectivity index (χ2n) is 5.51. The third-order valence-electron chi connectivity index (χ3n) is 3.74. The minimum absolute atomic E-state index is 0.151. The molecule has 0 aromatic carbocycles. The van der Waals surface area contributed by atoms with Crippen LogP contribution >= 0.6 is 11.3 Å². The second-order valence-corrected chi connectivity index (χ2v) is 6.48. The smallest absolute Gasteiger partial charge is 0.347 e. The Kier molecular flexibility index (Phi) is 4.45. The molecule has 5 heteroatoms. The molecule has 0 amide bonds. The molecule has 1 aromatic heterocycles. The minimum atomic E-state index is -0.854. The SMILES string of the molecule is CCN(CC1CCC1)c1nc(C(C)C)c(C(=O)O)s1. The molecular formula is C14H22N2O2S. The van der Waals surface area contributed by atoms with Crippen LogP contribution in [0.25, 0.3) is 0 Å². The Bertz CT molecular complexity index is 452. The third-order valence-corrected chi connectivity index (χ3v) is 4.86. The van der Waals surface area contributed by atoms with Crippen molar-refractivity contribution < 1.29 is 9.90 Å². The average molecular weight is 282 g/mol. The van der Waals surface area contributed by atoms with Gasteiger partial charge >= 0.3 is 5.97 Å². The predicted octanol–water partition coefficient (Wildman–Crippen LogP) is 3.59. The van der Waals surface area contributed by atoms with E-state index in [1.165, 1.54) is 30.6 Å². The lowest BCUT2D eigenvalue weighted by atomic mass is 9.85. The van der Waals surface area contributed by atoms with Gasteiger partial charge in [0.1, 0.15) is 4.88 Å². The molecule has 19 heavy (non-hydrogen) atoms. The quantitative estimate of drug-likeness (QED) is 0.866. The number of aromatic nitrogens is 1. The highest BCUT2D eigenvalue weighted by Gasteiger charge is 2.25. The van der Waals surface area contributed by atoms with Crippen molar-refractivity contribution >= 4 is 22.4 Å². The van der Waals surface area contributed by atoms with Gasteiger partial charge in [0.2, 0.25) is 0 Å². The van der Waals surface area contributed by atoms with Gasteiger partial charge in [-0.25, -0.2) is 9.78 Å². The number of thiazole rings is 1. The van der Waals surface area contributed by atoms with Crippen LogP contribution in [0.4, 0.5) is 5.13 Å². The molecule has 0 radical (unpaired) electrons. The van der Waals surface area contributed by atoms with Crippen molar-refractivity contribution in [3.63, 3.8) is 0 Å². The van der Waals surface area contributed by atoms with Crippen LogP contribution in [-0.4, -0.2) is 29.1 Å². The highest BCUT2D eigenvalue weighted by molar-refractivity contribution is 7.17. The fourth-order valence-electron chi connectivity index (χ4n) is 2.33. The number of nitrogens with zero attached hydrogens (tertiary/aromatic N) is 2. The fourth-order valence-corrected chi connectivity index (χ4v) is 3.46. The van der Waals surface area contributed by atoms with E-state index in [0.29, 0.717) is 4.88 Å². The molecule has 0 unspecified atom stereocenters. The number of hydrogen-bond acceptors (Lipinski definition) is 4. The van der Waals surface area contributed by atoms with Gasteiger partial charge in [0.15, 0.2) is 5.13 Å². The maximum atomic E-state index is 11.3. The molecule has 2 rings (SSSR count). The first kappa shape index (κ1) is 14.3. The number of anilines is 1. The van der Waals surface area contributed by atoms with E-state index in [2.05, 4.69) is 16.8 Å². The zero-order valence-corrected chi connectivity index (χ0v) is 12.7. The van der Waals surface area contributed by atoms with Gasteiger partial charge in [0.05, 0.1) is 5.69 Å². The van der Waals surface area contributed by atoms with E-state index in [4.69, 9.17) is 0 Å². The number of carbonyl (C=O) groups is 1. The minimum Gasteiger partial charge on any atom is -0.477 e. The van der Waals surface area contributed by atoms with Crippen LogP contribution in [0.5, 0.6) is 0 Å². The molecular weight excluding hydrogens is 260 g/mol. The highest BCUT2D eigenvalue weighted by atomic mass is 32.1. The fraction of sp³-hybridized carbons (Fsp3) is 0.714. The van der Waals surface area contributed by atoms with Crippen LogP contribution in [-0.2, 0) is 0 Å². The van der Waals surface area contributed by atoms with E-state index >= 15 is 0 Å². The summed E-state index contributed by atoms with van der Waals surface area (Å²) in [6, 6.07) is 0. The summed E-state index contributed by atoms with van der Waals surface area (Å²) in [5.41, 5.74) is 0.722. The molecule has 106 valence electrons. The van der Waals surface area contributed by atoms with Crippen LogP contribution in [0.3, 0.4) is 0 Å². The molecule has 1 aliphatic carbocycles. The summed E-state index contributed by atoms with van der Waals surface area (Å²) < 4.78 is 0. The monoisotopic (exact) mass is 282 g/mol. The topological polar surface area (TPSA) is 53.4 Å². The number of aromatic carboxylic acids is 1. The molecule has 1 fully saturated rings. The predicted molar refractivity (Wildman–Crippen MR) is 78.4 cm³/mol. The standard InChI is InChI=1S/C14H22N2O2S/c1-4-16(8-10-6-5-7-10)14-15-11(9(2)3)12(19-14)13(17)18/h9-10H,4-8H2,1-3H3,(H,17,18). The molecule has 0 bridgehead atoms. The van der Waals surface area contributed by atoms with Gasteiger partial charge in [0.25, 0.3) is 0 Å². The van der Waals surface area contributed by atoms with Gasteiger partial charge in [-0.05, 0) is 31.6 Å². The maximum absolute atomic E-state index is 11.3. The van der Waals surface area contributed by atoms with Crippen molar-refractivity contribution in [1.29, 1.82) is 0 Å². The summed E-state index contributed by atoms with van der Waals surface area (Å²) in [6.07, 6.45) is 3.92. The number of rotatable bonds is 6. The average Bonchev–Trinajstić information content (AvgIpc) is 2.73. The summed E-state index contributed by atoms with van der Waals surface area (Å²) >= 11 is 1.32. The maximum Gasteiger partial charge on any atom is 0.347 e. The Morgan fingerprint density at radius 3 is 2.58 bits per heavy atom.